The van der Waals surface area contributed by atoms with Gasteiger partial charge < -0.3 is 0 Å². The van der Waals surface area contributed by atoms with Crippen LogP contribution in [0.5, 0.6) is 0 Å². The zero-order chi connectivity index (χ0) is 38.2. The van der Waals surface area contributed by atoms with Gasteiger partial charge >= 0.3 is 0 Å². The Bertz CT molecular complexity index is 3370. The Morgan fingerprint density at radius 3 is 1.72 bits per heavy atom. The minimum absolute atomic E-state index is 0.538. The van der Waals surface area contributed by atoms with Gasteiger partial charge in [0.1, 0.15) is 0 Å². The summed E-state index contributed by atoms with van der Waals surface area (Å²) in [5.74, 6) is 1.94. The lowest BCUT2D eigenvalue weighted by Crippen LogP contribution is -2.28. The van der Waals surface area contributed by atoms with Crippen LogP contribution in [0.15, 0.2) is 200 Å². The van der Waals surface area contributed by atoms with Crippen molar-refractivity contribution in [3.8, 4) is 45.3 Å². The first-order valence-corrected chi connectivity index (χ1v) is 20.5. The Hall–Kier alpha value is -7.27. The molecule has 0 N–H and O–H groups in total. The maximum atomic E-state index is 5.39. The summed E-state index contributed by atoms with van der Waals surface area (Å²) in [6, 6.07) is 72.2. The lowest BCUT2D eigenvalue weighted by atomic mass is 9.67. The van der Waals surface area contributed by atoms with Gasteiger partial charge in [-0.15, -0.1) is 11.3 Å². The van der Waals surface area contributed by atoms with Crippen molar-refractivity contribution in [2.45, 2.75) is 5.41 Å². The molecule has 0 atom stereocenters. The van der Waals surface area contributed by atoms with Crippen LogP contribution in [0.25, 0.3) is 87.0 Å². The van der Waals surface area contributed by atoms with Gasteiger partial charge in [0.2, 0.25) is 0 Å². The van der Waals surface area contributed by atoms with Gasteiger partial charge in [0, 0.05) is 42.2 Å². The minimum atomic E-state index is -0.538. The maximum absolute atomic E-state index is 5.39. The molecule has 3 nitrogen and oxygen atoms in total. The Labute approximate surface area is 339 Å². The van der Waals surface area contributed by atoms with Crippen LogP contribution < -0.4 is 0 Å². The summed E-state index contributed by atoms with van der Waals surface area (Å²) in [5, 5.41) is 7.17. The molecular weight excluding hydrogens is 723 g/mol. The summed E-state index contributed by atoms with van der Waals surface area (Å²) >= 11 is 1.81. The number of fused-ring (bicyclic) bond motifs is 9. The third-order valence-corrected chi connectivity index (χ3v) is 13.1. The maximum Gasteiger partial charge on any atom is 0.164 e. The molecule has 0 saturated heterocycles. The molecule has 11 aromatic rings. The quantitative estimate of drug-likeness (QED) is 0.164. The molecule has 0 aliphatic heterocycles. The first kappa shape index (κ1) is 32.9. The van der Waals surface area contributed by atoms with E-state index in [9.17, 15) is 0 Å². The van der Waals surface area contributed by atoms with Crippen molar-refractivity contribution >= 4 is 53.1 Å². The van der Waals surface area contributed by atoms with E-state index in [2.05, 4.69) is 200 Å². The second-order valence-corrected chi connectivity index (χ2v) is 16.2. The molecule has 9 aromatic carbocycles. The molecule has 0 spiro atoms. The zero-order valence-corrected chi connectivity index (χ0v) is 32.1. The van der Waals surface area contributed by atoms with E-state index >= 15 is 0 Å². The first-order valence-electron chi connectivity index (χ1n) is 19.7. The van der Waals surface area contributed by atoms with E-state index in [-0.39, 0.29) is 0 Å². The van der Waals surface area contributed by atoms with Crippen LogP contribution in [-0.4, -0.2) is 15.0 Å². The minimum Gasteiger partial charge on any atom is -0.208 e. The fraction of sp³-hybridized carbons (Fsp3) is 0.0185. The van der Waals surface area contributed by atoms with Crippen LogP contribution in [0.2, 0.25) is 0 Å². The highest BCUT2D eigenvalue weighted by Crippen LogP contribution is 2.56. The van der Waals surface area contributed by atoms with Crippen LogP contribution in [-0.2, 0) is 5.41 Å². The van der Waals surface area contributed by atoms with Crippen LogP contribution in [0, 0.1) is 0 Å². The molecule has 270 valence electrons. The van der Waals surface area contributed by atoms with Crippen LogP contribution >= 0.6 is 11.3 Å². The zero-order valence-electron chi connectivity index (χ0n) is 31.3. The third-order valence-electron chi connectivity index (χ3n) is 12.0. The van der Waals surface area contributed by atoms with E-state index < -0.39 is 5.41 Å². The molecule has 1 aliphatic carbocycles. The van der Waals surface area contributed by atoms with Crippen molar-refractivity contribution in [2.24, 2.45) is 0 Å². The van der Waals surface area contributed by atoms with Gasteiger partial charge in [0.05, 0.1) is 5.41 Å². The summed E-state index contributed by atoms with van der Waals surface area (Å²) < 4.78 is 2.48. The standard InChI is InChI=1S/C54H33N3S/c1-2-17-38(18-3-1)54(46-25-9-6-21-41(46)42-22-7-10-26-47(42)54)39-19-12-16-36(32-39)51-55-52(37-30-31-44-43-23-8-11-27-48(43)58-49(44)33-37)57-53(56-51)45-24-13-15-35-29-28-34-14-4-5-20-40(34)50(35)45/h1-33H. The van der Waals surface area contributed by atoms with E-state index in [0.29, 0.717) is 17.5 Å². The van der Waals surface area contributed by atoms with Crippen molar-refractivity contribution < 1.29 is 0 Å². The smallest absolute Gasteiger partial charge is 0.164 e. The van der Waals surface area contributed by atoms with Gasteiger partial charge in [-0.2, -0.15) is 0 Å². The van der Waals surface area contributed by atoms with E-state index in [1.165, 1.54) is 64.3 Å². The summed E-state index contributed by atoms with van der Waals surface area (Å²) in [5.41, 5.74) is 9.81. The Morgan fingerprint density at radius 2 is 0.914 bits per heavy atom. The topological polar surface area (TPSA) is 38.7 Å². The van der Waals surface area contributed by atoms with E-state index in [1.54, 1.807) is 11.3 Å². The first-order chi connectivity index (χ1) is 28.7. The predicted octanol–water partition coefficient (Wildman–Crippen LogP) is 13.9. The number of nitrogens with zero attached hydrogens (tertiary/aromatic N) is 3. The number of hydrogen-bond donors (Lipinski definition) is 0. The van der Waals surface area contributed by atoms with Crippen LogP contribution in [0.3, 0.4) is 0 Å². The summed E-state index contributed by atoms with van der Waals surface area (Å²) in [7, 11) is 0. The highest BCUT2D eigenvalue weighted by molar-refractivity contribution is 7.25. The van der Waals surface area contributed by atoms with Gasteiger partial charge in [0.25, 0.3) is 0 Å². The summed E-state index contributed by atoms with van der Waals surface area (Å²) in [6.45, 7) is 0. The van der Waals surface area contributed by atoms with Gasteiger partial charge in [-0.25, -0.2) is 15.0 Å². The summed E-state index contributed by atoms with van der Waals surface area (Å²) in [6.07, 6.45) is 0. The normalized spacial score (nSPS) is 13.0. The molecule has 12 rings (SSSR count). The fourth-order valence-corrected chi connectivity index (χ4v) is 10.6. The third kappa shape index (κ3) is 4.89. The number of rotatable bonds is 5. The van der Waals surface area contributed by atoms with Crippen molar-refractivity contribution in [1.29, 1.82) is 0 Å². The van der Waals surface area contributed by atoms with Gasteiger partial charge in [-0.1, -0.05) is 182 Å². The van der Waals surface area contributed by atoms with Crippen molar-refractivity contribution in [3.63, 3.8) is 0 Å². The van der Waals surface area contributed by atoms with Gasteiger partial charge in [0.15, 0.2) is 17.5 Å². The molecule has 0 fully saturated rings. The van der Waals surface area contributed by atoms with Crippen LogP contribution in [0.4, 0.5) is 0 Å². The molecule has 0 radical (unpaired) electrons. The molecule has 0 unspecified atom stereocenters. The molecule has 0 bridgehead atoms. The Balaban J connectivity index is 1.12. The molecule has 1 aliphatic rings. The fourth-order valence-electron chi connectivity index (χ4n) is 9.47. The number of benzene rings is 9. The molecular formula is C54H33N3S. The van der Waals surface area contributed by atoms with Crippen LogP contribution in [0.1, 0.15) is 22.3 Å². The average Bonchev–Trinajstić information content (AvgIpc) is 3.82. The monoisotopic (exact) mass is 755 g/mol. The average molecular weight is 756 g/mol. The van der Waals surface area contributed by atoms with Crippen molar-refractivity contribution in [3.05, 3.63) is 222 Å². The second-order valence-electron chi connectivity index (χ2n) is 15.1. The lowest BCUT2D eigenvalue weighted by molar-refractivity contribution is 0.768. The summed E-state index contributed by atoms with van der Waals surface area (Å²) in [4.78, 5) is 16.0. The van der Waals surface area contributed by atoms with E-state index in [0.717, 1.165) is 27.5 Å². The lowest BCUT2D eigenvalue weighted by Gasteiger charge is -2.34. The Morgan fingerprint density at radius 1 is 0.345 bits per heavy atom. The molecule has 0 amide bonds. The largest absolute Gasteiger partial charge is 0.208 e. The predicted molar refractivity (Wildman–Crippen MR) is 241 cm³/mol. The SMILES string of the molecule is c1ccc(C2(c3cccc(-c4nc(-c5ccc6c(c5)sc5ccccc56)nc(-c5cccc6ccc7ccccc7c56)n4)c3)c3ccccc3-c3ccccc32)cc1. The highest BCUT2D eigenvalue weighted by Gasteiger charge is 2.46. The Kier molecular flexibility index (Phi) is 7.31. The number of aromatic nitrogens is 3. The number of thiophene rings is 1. The van der Waals surface area contributed by atoms with Gasteiger partial charge in [-0.05, 0) is 67.7 Å². The molecule has 2 aromatic heterocycles. The van der Waals surface area contributed by atoms with E-state index in [4.69, 9.17) is 15.0 Å². The molecule has 2 heterocycles. The number of hydrogen-bond acceptors (Lipinski definition) is 4. The second kappa shape index (κ2) is 12.9. The van der Waals surface area contributed by atoms with Crippen molar-refractivity contribution in [2.75, 3.05) is 0 Å². The van der Waals surface area contributed by atoms with E-state index in [1.807, 2.05) is 0 Å². The van der Waals surface area contributed by atoms with Crippen molar-refractivity contribution in [1.82, 2.24) is 15.0 Å². The molecule has 4 heteroatoms. The molecule has 58 heavy (non-hydrogen) atoms. The highest BCUT2D eigenvalue weighted by atomic mass is 32.1. The molecule has 0 saturated carbocycles. The van der Waals surface area contributed by atoms with Gasteiger partial charge in [-0.3, -0.25) is 0 Å².